The van der Waals surface area contributed by atoms with Crippen LogP contribution in [-0.2, 0) is 18.0 Å². The highest BCUT2D eigenvalue weighted by Crippen LogP contribution is 2.35. The van der Waals surface area contributed by atoms with Gasteiger partial charge < -0.3 is 25.0 Å². The first-order chi connectivity index (χ1) is 15.0. The van der Waals surface area contributed by atoms with Gasteiger partial charge in [-0.3, -0.25) is 4.79 Å². The number of pyridine rings is 1. The summed E-state index contributed by atoms with van der Waals surface area (Å²) in [6.07, 6.45) is -1.11. The number of fused-ring (bicyclic) bond motifs is 2. The molecule has 0 bridgehead atoms. The number of hydrogen-bond acceptors (Lipinski definition) is 6. The molecule has 1 saturated heterocycles. The quantitative estimate of drug-likeness (QED) is 0.809. The summed E-state index contributed by atoms with van der Waals surface area (Å²) in [7, 11) is 1.74. The van der Waals surface area contributed by atoms with Gasteiger partial charge in [0.1, 0.15) is 17.7 Å². The molecule has 2 aromatic rings. The van der Waals surface area contributed by atoms with Crippen LogP contribution in [0.5, 0.6) is 5.75 Å². The first-order valence-electron chi connectivity index (χ1n) is 10.7. The van der Waals surface area contributed by atoms with Crippen LogP contribution in [0.25, 0.3) is 0 Å². The van der Waals surface area contributed by atoms with E-state index in [9.17, 15) is 4.79 Å². The maximum Gasteiger partial charge on any atom is 0.256 e. The van der Waals surface area contributed by atoms with E-state index < -0.39 is 12.3 Å². The standard InChI is InChI=1S/C23H27FN4O3/c1-13-7-17-21(19(9-25)27(2)23(17)29)26-22(13)28-6-5-20(18(24)10-28)31-16-4-3-14-11-30-12-15(14)8-16/h3-4,7-8,18-20H,5-6,9-12,25H2,1-2H3/t18-,19-,20-/m1/s1. The summed E-state index contributed by atoms with van der Waals surface area (Å²) in [4.78, 5) is 20.8. The van der Waals surface area contributed by atoms with Gasteiger partial charge in [-0.05, 0) is 41.8 Å². The van der Waals surface area contributed by atoms with E-state index in [1.807, 2.05) is 36.1 Å². The normalized spacial score (nSPS) is 25.0. The number of benzene rings is 1. The molecule has 4 heterocycles. The number of rotatable bonds is 4. The Labute approximate surface area is 180 Å². The van der Waals surface area contributed by atoms with Crippen LogP contribution >= 0.6 is 0 Å². The predicted octanol–water partition coefficient (Wildman–Crippen LogP) is 2.50. The number of piperidine rings is 1. The zero-order chi connectivity index (χ0) is 21.7. The number of hydrogen-bond donors (Lipinski definition) is 1. The minimum Gasteiger partial charge on any atom is -0.487 e. The lowest BCUT2D eigenvalue weighted by Crippen LogP contribution is -2.47. The number of amides is 1. The first-order valence-corrected chi connectivity index (χ1v) is 10.7. The fraction of sp³-hybridized carbons (Fsp3) is 0.478. The topological polar surface area (TPSA) is 80.9 Å². The van der Waals surface area contributed by atoms with Crippen LogP contribution in [0.2, 0.25) is 0 Å². The smallest absolute Gasteiger partial charge is 0.256 e. The number of carbonyl (C=O) groups excluding carboxylic acids is 1. The van der Waals surface area contributed by atoms with Crippen molar-refractivity contribution in [3.05, 3.63) is 52.2 Å². The average Bonchev–Trinajstić information content (AvgIpc) is 3.31. The van der Waals surface area contributed by atoms with Crippen LogP contribution in [0.4, 0.5) is 10.2 Å². The molecule has 1 aromatic heterocycles. The Kier molecular flexibility index (Phi) is 5.06. The second-order valence-electron chi connectivity index (χ2n) is 8.56. The fourth-order valence-electron chi connectivity index (χ4n) is 4.75. The third-order valence-electron chi connectivity index (χ3n) is 6.53. The number of likely N-dealkylation sites (N-methyl/N-ethyl adjacent to an activating group) is 1. The summed E-state index contributed by atoms with van der Waals surface area (Å²) >= 11 is 0. The zero-order valence-electron chi connectivity index (χ0n) is 17.8. The van der Waals surface area contributed by atoms with Gasteiger partial charge in [0.2, 0.25) is 0 Å². The molecule has 0 unspecified atom stereocenters. The molecule has 1 amide bonds. The number of halogens is 1. The number of nitrogens with zero attached hydrogens (tertiary/aromatic N) is 3. The number of carbonyl (C=O) groups is 1. The fourth-order valence-corrected chi connectivity index (χ4v) is 4.75. The monoisotopic (exact) mass is 426 g/mol. The lowest BCUT2D eigenvalue weighted by atomic mass is 10.0. The van der Waals surface area contributed by atoms with Crippen molar-refractivity contribution in [3.63, 3.8) is 0 Å². The van der Waals surface area contributed by atoms with Gasteiger partial charge in [-0.15, -0.1) is 0 Å². The first kappa shape index (κ1) is 20.2. The third-order valence-corrected chi connectivity index (χ3v) is 6.53. The lowest BCUT2D eigenvalue weighted by Gasteiger charge is -2.36. The molecule has 0 spiro atoms. The van der Waals surface area contributed by atoms with E-state index in [1.54, 1.807) is 11.9 Å². The third kappa shape index (κ3) is 3.43. The van der Waals surface area contributed by atoms with E-state index in [2.05, 4.69) is 0 Å². The number of nitrogens with two attached hydrogens (primary N) is 1. The Morgan fingerprint density at radius 3 is 2.87 bits per heavy atom. The van der Waals surface area contributed by atoms with Crippen LogP contribution in [0.3, 0.4) is 0 Å². The molecule has 0 aliphatic carbocycles. The zero-order valence-corrected chi connectivity index (χ0v) is 17.8. The van der Waals surface area contributed by atoms with E-state index in [0.717, 1.165) is 22.5 Å². The maximum atomic E-state index is 15.1. The minimum atomic E-state index is -1.15. The van der Waals surface area contributed by atoms with E-state index in [1.165, 1.54) is 0 Å². The molecule has 1 fully saturated rings. The van der Waals surface area contributed by atoms with Gasteiger partial charge in [0.15, 0.2) is 6.17 Å². The van der Waals surface area contributed by atoms with Crippen LogP contribution in [0.15, 0.2) is 24.3 Å². The second-order valence-corrected chi connectivity index (χ2v) is 8.56. The number of ether oxygens (including phenoxy) is 2. The van der Waals surface area contributed by atoms with Crippen molar-refractivity contribution in [3.8, 4) is 5.75 Å². The highest BCUT2D eigenvalue weighted by molar-refractivity contribution is 5.99. The van der Waals surface area contributed by atoms with Crippen molar-refractivity contribution in [2.45, 2.75) is 44.9 Å². The predicted molar refractivity (Wildman–Crippen MR) is 114 cm³/mol. The maximum absolute atomic E-state index is 15.1. The van der Waals surface area contributed by atoms with Crippen LogP contribution in [0.1, 0.15) is 45.2 Å². The largest absolute Gasteiger partial charge is 0.487 e. The van der Waals surface area contributed by atoms with Crippen molar-refractivity contribution >= 4 is 11.7 Å². The molecule has 1 aromatic carbocycles. The SMILES string of the molecule is Cc1cc2c(nc1N1CC[C@@H](Oc3ccc4c(c3)COC4)[C@H](F)C1)[C@@H](CN)N(C)C2=O. The molecular formula is C23H27FN4O3. The Balaban J connectivity index is 1.32. The summed E-state index contributed by atoms with van der Waals surface area (Å²) < 4.78 is 26.6. The van der Waals surface area contributed by atoms with Crippen LogP contribution < -0.4 is 15.4 Å². The van der Waals surface area contributed by atoms with E-state index in [-0.39, 0.29) is 18.5 Å². The Hall–Kier alpha value is -2.71. The molecule has 7 nitrogen and oxygen atoms in total. The molecule has 0 saturated carbocycles. The number of alkyl halides is 1. The van der Waals surface area contributed by atoms with Crippen LogP contribution in [0, 0.1) is 6.92 Å². The molecule has 164 valence electrons. The van der Waals surface area contributed by atoms with Gasteiger partial charge in [-0.2, -0.15) is 0 Å². The highest BCUT2D eigenvalue weighted by Gasteiger charge is 2.37. The minimum absolute atomic E-state index is 0.0668. The van der Waals surface area contributed by atoms with Crippen molar-refractivity contribution < 1.29 is 18.7 Å². The summed E-state index contributed by atoms with van der Waals surface area (Å²) in [6.45, 7) is 4.24. The molecule has 31 heavy (non-hydrogen) atoms. The van der Waals surface area contributed by atoms with Gasteiger partial charge in [0, 0.05) is 26.6 Å². The average molecular weight is 426 g/mol. The van der Waals surface area contributed by atoms with Gasteiger partial charge in [-0.25, -0.2) is 9.37 Å². The van der Waals surface area contributed by atoms with E-state index >= 15 is 4.39 Å². The molecule has 3 aliphatic rings. The highest BCUT2D eigenvalue weighted by atomic mass is 19.1. The van der Waals surface area contributed by atoms with E-state index in [0.29, 0.717) is 49.7 Å². The number of aryl methyl sites for hydroxylation is 1. The second kappa shape index (κ2) is 7.76. The van der Waals surface area contributed by atoms with Gasteiger partial charge in [0.05, 0.1) is 37.1 Å². The molecule has 3 atom stereocenters. The van der Waals surface area contributed by atoms with Crippen molar-refractivity contribution in [1.82, 2.24) is 9.88 Å². The van der Waals surface area contributed by atoms with Crippen molar-refractivity contribution in [2.75, 3.05) is 31.6 Å². The molecule has 3 aliphatic heterocycles. The number of anilines is 1. The summed E-state index contributed by atoms with van der Waals surface area (Å²) in [5.74, 6) is 1.34. The summed E-state index contributed by atoms with van der Waals surface area (Å²) in [5.41, 5.74) is 10.3. The molecular weight excluding hydrogens is 399 g/mol. The van der Waals surface area contributed by atoms with Gasteiger partial charge in [-0.1, -0.05) is 6.07 Å². The Bertz CT molecular complexity index is 1030. The van der Waals surface area contributed by atoms with Crippen molar-refractivity contribution in [2.24, 2.45) is 5.73 Å². The van der Waals surface area contributed by atoms with Crippen LogP contribution in [-0.4, -0.2) is 54.7 Å². The Morgan fingerprint density at radius 2 is 2.10 bits per heavy atom. The van der Waals surface area contributed by atoms with Crippen molar-refractivity contribution in [1.29, 1.82) is 0 Å². The van der Waals surface area contributed by atoms with Gasteiger partial charge >= 0.3 is 0 Å². The molecule has 0 radical (unpaired) electrons. The number of aromatic nitrogens is 1. The lowest BCUT2D eigenvalue weighted by molar-refractivity contribution is 0.0777. The Morgan fingerprint density at radius 1 is 1.29 bits per heavy atom. The molecule has 5 rings (SSSR count). The van der Waals surface area contributed by atoms with E-state index in [4.69, 9.17) is 20.2 Å². The summed E-state index contributed by atoms with van der Waals surface area (Å²) in [5, 5.41) is 0. The summed E-state index contributed by atoms with van der Waals surface area (Å²) in [6, 6.07) is 7.44. The molecule has 2 N–H and O–H groups in total. The molecule has 8 heteroatoms. The van der Waals surface area contributed by atoms with Gasteiger partial charge in [0.25, 0.3) is 5.91 Å².